The summed E-state index contributed by atoms with van der Waals surface area (Å²) in [4.78, 5) is 24.5. The quantitative estimate of drug-likeness (QED) is 0.844. The summed E-state index contributed by atoms with van der Waals surface area (Å²) in [6.07, 6.45) is 1.33. The van der Waals surface area contributed by atoms with E-state index in [1.54, 1.807) is 13.1 Å². The zero-order chi connectivity index (χ0) is 14.0. The van der Waals surface area contributed by atoms with Gasteiger partial charge in [0.15, 0.2) is 0 Å². The number of nitrogens with one attached hydrogen (secondary N) is 1. The van der Waals surface area contributed by atoms with Gasteiger partial charge in [-0.05, 0) is 31.5 Å². The van der Waals surface area contributed by atoms with Gasteiger partial charge in [-0.25, -0.2) is 4.39 Å². The highest BCUT2D eigenvalue weighted by Crippen LogP contribution is 2.33. The molecule has 5 heteroatoms. The van der Waals surface area contributed by atoms with Crippen molar-refractivity contribution in [2.24, 2.45) is 5.41 Å². The van der Waals surface area contributed by atoms with Gasteiger partial charge in [0.05, 0.1) is 5.41 Å². The van der Waals surface area contributed by atoms with E-state index in [1.165, 1.54) is 12.1 Å². The minimum atomic E-state index is -0.470. The minimum absolute atomic E-state index is 0.0120. The molecule has 0 radical (unpaired) electrons. The Kier molecular flexibility index (Phi) is 3.55. The molecule has 1 N–H and O–H groups in total. The van der Waals surface area contributed by atoms with Crippen molar-refractivity contribution < 1.29 is 14.0 Å². The summed E-state index contributed by atoms with van der Waals surface area (Å²) in [7, 11) is 1.61. The summed E-state index contributed by atoms with van der Waals surface area (Å²) in [6.45, 7) is 3.09. The topological polar surface area (TPSA) is 49.4 Å². The van der Waals surface area contributed by atoms with Crippen molar-refractivity contribution in [3.63, 3.8) is 0 Å². The van der Waals surface area contributed by atoms with Crippen molar-refractivity contribution in [2.75, 3.05) is 25.0 Å². The standard InChI is InChI=1S/C14H17FN2O2/c1-14(13(19)16-2)3-4-17(9-14)12-6-10(8-18)5-11(15)7-12/h5-8H,3-4,9H2,1-2H3,(H,16,19). The Morgan fingerprint density at radius 1 is 1.47 bits per heavy atom. The highest BCUT2D eigenvalue weighted by molar-refractivity contribution is 5.84. The fourth-order valence-corrected chi connectivity index (χ4v) is 2.52. The number of rotatable bonds is 3. The van der Waals surface area contributed by atoms with Gasteiger partial charge in [-0.2, -0.15) is 0 Å². The Bertz CT molecular complexity index is 518. The number of anilines is 1. The van der Waals surface area contributed by atoms with E-state index in [1.807, 2.05) is 11.8 Å². The lowest BCUT2D eigenvalue weighted by Crippen LogP contribution is -2.39. The van der Waals surface area contributed by atoms with Crippen LogP contribution in [0.4, 0.5) is 10.1 Å². The normalized spacial score (nSPS) is 22.4. The van der Waals surface area contributed by atoms with E-state index < -0.39 is 11.2 Å². The lowest BCUT2D eigenvalue weighted by Gasteiger charge is -2.24. The molecule has 1 atom stereocenters. The van der Waals surface area contributed by atoms with Gasteiger partial charge < -0.3 is 10.2 Å². The van der Waals surface area contributed by atoms with E-state index in [0.717, 1.165) is 0 Å². The highest BCUT2D eigenvalue weighted by atomic mass is 19.1. The molecule has 4 nitrogen and oxygen atoms in total. The van der Waals surface area contributed by atoms with Crippen LogP contribution in [-0.2, 0) is 4.79 Å². The van der Waals surface area contributed by atoms with Crippen LogP contribution in [0.3, 0.4) is 0 Å². The van der Waals surface area contributed by atoms with Crippen LogP contribution in [-0.4, -0.2) is 32.3 Å². The summed E-state index contributed by atoms with van der Waals surface area (Å²) in [5, 5.41) is 2.66. The lowest BCUT2D eigenvalue weighted by atomic mass is 9.89. The van der Waals surface area contributed by atoms with Crippen molar-refractivity contribution in [1.82, 2.24) is 5.32 Å². The second-order valence-corrected chi connectivity index (χ2v) is 5.17. The Morgan fingerprint density at radius 2 is 2.21 bits per heavy atom. The number of benzene rings is 1. The zero-order valence-electron chi connectivity index (χ0n) is 11.1. The molecule has 1 aromatic rings. The van der Waals surface area contributed by atoms with E-state index in [9.17, 15) is 14.0 Å². The van der Waals surface area contributed by atoms with Crippen LogP contribution in [0.1, 0.15) is 23.7 Å². The molecule has 1 amide bonds. The van der Waals surface area contributed by atoms with E-state index >= 15 is 0 Å². The van der Waals surface area contributed by atoms with Gasteiger partial charge >= 0.3 is 0 Å². The Morgan fingerprint density at radius 3 is 2.84 bits per heavy atom. The van der Waals surface area contributed by atoms with Gasteiger partial charge in [0.25, 0.3) is 0 Å². The molecule has 1 heterocycles. The fraction of sp³-hybridized carbons (Fsp3) is 0.429. The molecule has 19 heavy (non-hydrogen) atoms. The summed E-state index contributed by atoms with van der Waals surface area (Å²) in [5.41, 5.74) is 0.487. The maximum Gasteiger partial charge on any atom is 0.227 e. The first kappa shape index (κ1) is 13.5. The molecule has 0 bridgehead atoms. The molecule has 0 aromatic heterocycles. The van der Waals surface area contributed by atoms with Gasteiger partial charge in [0.2, 0.25) is 5.91 Å². The van der Waals surface area contributed by atoms with Crippen LogP contribution in [0.2, 0.25) is 0 Å². The maximum absolute atomic E-state index is 13.4. The maximum atomic E-state index is 13.4. The van der Waals surface area contributed by atoms with Crippen LogP contribution in [0.5, 0.6) is 0 Å². The molecular weight excluding hydrogens is 247 g/mol. The molecule has 1 aliphatic heterocycles. The molecule has 102 valence electrons. The zero-order valence-corrected chi connectivity index (χ0v) is 11.1. The molecule has 1 saturated heterocycles. The summed E-state index contributed by atoms with van der Waals surface area (Å²) in [5.74, 6) is -0.449. The first-order valence-electron chi connectivity index (χ1n) is 6.21. The third-order valence-electron chi connectivity index (χ3n) is 3.65. The molecule has 1 aromatic carbocycles. The van der Waals surface area contributed by atoms with Crippen molar-refractivity contribution in [3.05, 3.63) is 29.6 Å². The number of hydrogen-bond donors (Lipinski definition) is 1. The third kappa shape index (κ3) is 2.59. The van der Waals surface area contributed by atoms with Gasteiger partial charge in [0.1, 0.15) is 12.1 Å². The molecule has 1 unspecified atom stereocenters. The first-order chi connectivity index (χ1) is 8.98. The number of halogens is 1. The second-order valence-electron chi connectivity index (χ2n) is 5.17. The number of hydrogen-bond acceptors (Lipinski definition) is 3. The van der Waals surface area contributed by atoms with Gasteiger partial charge in [0, 0.05) is 31.4 Å². The van der Waals surface area contributed by atoms with Crippen LogP contribution >= 0.6 is 0 Å². The van der Waals surface area contributed by atoms with Crippen LogP contribution in [0.25, 0.3) is 0 Å². The van der Waals surface area contributed by atoms with Crippen molar-refractivity contribution in [1.29, 1.82) is 0 Å². The average Bonchev–Trinajstić information content (AvgIpc) is 2.81. The predicted molar refractivity (Wildman–Crippen MR) is 70.8 cm³/mol. The van der Waals surface area contributed by atoms with Crippen molar-refractivity contribution in [2.45, 2.75) is 13.3 Å². The van der Waals surface area contributed by atoms with Crippen molar-refractivity contribution >= 4 is 17.9 Å². The first-order valence-corrected chi connectivity index (χ1v) is 6.21. The van der Waals surface area contributed by atoms with Gasteiger partial charge in [-0.3, -0.25) is 9.59 Å². The number of amides is 1. The largest absolute Gasteiger partial charge is 0.370 e. The summed E-state index contributed by atoms with van der Waals surface area (Å²) < 4.78 is 13.4. The molecule has 0 aliphatic carbocycles. The second kappa shape index (κ2) is 4.99. The summed E-state index contributed by atoms with van der Waals surface area (Å²) >= 11 is 0. The number of carbonyl (C=O) groups excluding carboxylic acids is 2. The van der Waals surface area contributed by atoms with Gasteiger partial charge in [-0.15, -0.1) is 0 Å². The third-order valence-corrected chi connectivity index (χ3v) is 3.65. The smallest absolute Gasteiger partial charge is 0.227 e. The fourth-order valence-electron chi connectivity index (χ4n) is 2.52. The van der Waals surface area contributed by atoms with E-state index in [0.29, 0.717) is 37.0 Å². The van der Waals surface area contributed by atoms with Gasteiger partial charge in [-0.1, -0.05) is 0 Å². The van der Waals surface area contributed by atoms with Crippen LogP contribution < -0.4 is 10.2 Å². The molecular formula is C14H17FN2O2. The molecule has 2 rings (SSSR count). The van der Waals surface area contributed by atoms with E-state index in [-0.39, 0.29) is 5.91 Å². The SMILES string of the molecule is CNC(=O)C1(C)CCN(c2cc(F)cc(C=O)c2)C1. The molecule has 0 spiro atoms. The monoisotopic (exact) mass is 264 g/mol. The van der Waals surface area contributed by atoms with Crippen LogP contribution in [0.15, 0.2) is 18.2 Å². The average molecular weight is 264 g/mol. The lowest BCUT2D eigenvalue weighted by molar-refractivity contribution is -0.128. The number of aldehydes is 1. The number of carbonyl (C=O) groups is 2. The Balaban J connectivity index is 2.23. The molecule has 1 aliphatic rings. The highest BCUT2D eigenvalue weighted by Gasteiger charge is 2.39. The van der Waals surface area contributed by atoms with E-state index in [2.05, 4.69) is 5.32 Å². The molecule has 1 fully saturated rings. The Labute approximate surface area is 111 Å². The summed E-state index contributed by atoms with van der Waals surface area (Å²) in [6, 6.07) is 4.23. The molecule has 0 saturated carbocycles. The number of nitrogens with zero attached hydrogens (tertiary/aromatic N) is 1. The minimum Gasteiger partial charge on any atom is -0.370 e. The van der Waals surface area contributed by atoms with Crippen molar-refractivity contribution in [3.8, 4) is 0 Å². The predicted octanol–water partition coefficient (Wildman–Crippen LogP) is 1.60. The van der Waals surface area contributed by atoms with E-state index in [4.69, 9.17) is 0 Å². The van der Waals surface area contributed by atoms with Crippen LogP contribution in [0, 0.1) is 11.2 Å². The Hall–Kier alpha value is -1.91.